The van der Waals surface area contributed by atoms with Crippen molar-refractivity contribution in [2.75, 3.05) is 6.61 Å². The highest BCUT2D eigenvalue weighted by molar-refractivity contribution is 7.21. The molecule has 0 saturated carbocycles. The molecule has 8 heteroatoms. The Kier molecular flexibility index (Phi) is 5.75. The Hall–Kier alpha value is -3.46. The van der Waals surface area contributed by atoms with E-state index in [0.717, 1.165) is 11.3 Å². The summed E-state index contributed by atoms with van der Waals surface area (Å²) in [6.07, 6.45) is 2.92. The number of nitrogens with one attached hydrogen (secondary N) is 1. The minimum Gasteiger partial charge on any atom is -0.394 e. The molecule has 2 unspecified atom stereocenters. The SMILES string of the molecule is CC(=O)NC(C)(CO)C(O)c1ccc(-c2nc3ccc(C4(c5ccccc5)C=C4)nc3s2)c(F)c1. The molecule has 0 radical (unpaired) electrons. The molecule has 178 valence electrons. The topological polar surface area (TPSA) is 95.3 Å². The van der Waals surface area contributed by atoms with Gasteiger partial charge in [0.25, 0.3) is 0 Å². The first-order valence-electron chi connectivity index (χ1n) is 11.2. The van der Waals surface area contributed by atoms with E-state index < -0.39 is 30.0 Å². The highest BCUT2D eigenvalue weighted by Crippen LogP contribution is 2.45. The van der Waals surface area contributed by atoms with Gasteiger partial charge in [-0.25, -0.2) is 14.4 Å². The smallest absolute Gasteiger partial charge is 0.217 e. The maximum Gasteiger partial charge on any atom is 0.217 e. The molecule has 4 aromatic rings. The number of fused-ring (bicyclic) bond motifs is 1. The number of amides is 1. The Balaban J connectivity index is 1.46. The number of hydrogen-bond donors (Lipinski definition) is 3. The number of allylic oxidation sites excluding steroid dienone is 2. The number of nitrogens with zero attached hydrogens (tertiary/aromatic N) is 2. The van der Waals surface area contributed by atoms with Gasteiger partial charge in [0, 0.05) is 12.5 Å². The van der Waals surface area contributed by atoms with Gasteiger partial charge in [0.05, 0.1) is 23.3 Å². The molecule has 3 N–H and O–H groups in total. The summed E-state index contributed by atoms with van der Waals surface area (Å²) in [7, 11) is 0. The summed E-state index contributed by atoms with van der Waals surface area (Å²) in [5.41, 5.74) is 1.59. The third kappa shape index (κ3) is 4.14. The zero-order chi connectivity index (χ0) is 24.8. The molecule has 2 heterocycles. The van der Waals surface area contributed by atoms with Crippen molar-refractivity contribution in [1.82, 2.24) is 15.3 Å². The van der Waals surface area contributed by atoms with Crippen molar-refractivity contribution in [3.8, 4) is 10.6 Å². The van der Waals surface area contributed by atoms with Crippen LogP contribution in [0.2, 0.25) is 0 Å². The van der Waals surface area contributed by atoms with Crippen LogP contribution in [0.25, 0.3) is 20.9 Å². The van der Waals surface area contributed by atoms with Crippen molar-refractivity contribution < 1.29 is 19.4 Å². The van der Waals surface area contributed by atoms with Gasteiger partial charge in [0.2, 0.25) is 5.91 Å². The van der Waals surface area contributed by atoms with Gasteiger partial charge in [-0.3, -0.25) is 4.79 Å². The highest BCUT2D eigenvalue weighted by Gasteiger charge is 2.39. The molecule has 5 rings (SSSR count). The molecule has 0 aliphatic heterocycles. The van der Waals surface area contributed by atoms with Gasteiger partial charge in [0.15, 0.2) is 0 Å². The third-order valence-electron chi connectivity index (χ3n) is 6.36. The summed E-state index contributed by atoms with van der Waals surface area (Å²) in [4.78, 5) is 21.6. The molecular formula is C27H24FN3O3S. The normalized spacial score (nSPS) is 16.6. The average molecular weight is 490 g/mol. The van der Waals surface area contributed by atoms with Gasteiger partial charge < -0.3 is 15.5 Å². The zero-order valence-electron chi connectivity index (χ0n) is 19.2. The standard InChI is InChI=1S/C27H24FN3O3S/c1-16(33)31-26(2,15-32)23(34)17-8-9-19(20(28)14-17)24-29-21-10-11-22(30-25(21)35-24)27(12-13-27)18-6-4-3-5-7-18/h3-14,23,32,34H,15H2,1-2H3,(H,31,33). The Labute approximate surface area is 205 Å². The molecule has 1 aliphatic carbocycles. The molecule has 0 spiro atoms. The third-order valence-corrected chi connectivity index (χ3v) is 7.36. The quantitative estimate of drug-likeness (QED) is 0.337. The number of halogens is 1. The minimum absolute atomic E-state index is 0.239. The molecule has 2 aromatic heterocycles. The number of carbonyl (C=O) groups is 1. The van der Waals surface area contributed by atoms with E-state index in [9.17, 15) is 15.0 Å². The Bertz CT molecular complexity index is 1450. The first kappa shape index (κ1) is 23.3. The summed E-state index contributed by atoms with van der Waals surface area (Å²) < 4.78 is 15.2. The van der Waals surface area contributed by atoms with E-state index in [0.29, 0.717) is 15.4 Å². The fraction of sp³-hybridized carbons (Fsp3) is 0.222. The van der Waals surface area contributed by atoms with E-state index in [1.807, 2.05) is 30.3 Å². The van der Waals surface area contributed by atoms with Crippen LogP contribution in [-0.4, -0.2) is 38.2 Å². The number of aliphatic hydroxyl groups is 2. The molecular weight excluding hydrogens is 465 g/mol. The number of thiazole rings is 1. The Morgan fingerprint density at radius 3 is 2.51 bits per heavy atom. The van der Waals surface area contributed by atoms with Gasteiger partial charge in [0.1, 0.15) is 27.3 Å². The molecule has 2 atom stereocenters. The van der Waals surface area contributed by atoms with E-state index in [1.165, 1.54) is 31.3 Å². The van der Waals surface area contributed by atoms with Crippen LogP contribution in [0.5, 0.6) is 0 Å². The number of pyridine rings is 1. The summed E-state index contributed by atoms with van der Waals surface area (Å²) in [5.74, 6) is -0.969. The van der Waals surface area contributed by atoms with Crippen molar-refractivity contribution in [2.45, 2.75) is 30.9 Å². The number of benzene rings is 2. The number of aromatic nitrogens is 2. The lowest BCUT2D eigenvalue weighted by Crippen LogP contribution is -2.52. The highest BCUT2D eigenvalue weighted by atomic mass is 32.1. The summed E-state index contributed by atoms with van der Waals surface area (Å²) >= 11 is 1.30. The molecule has 6 nitrogen and oxygen atoms in total. The van der Waals surface area contributed by atoms with Gasteiger partial charge in [-0.15, -0.1) is 0 Å². The van der Waals surface area contributed by atoms with Crippen molar-refractivity contribution in [3.63, 3.8) is 0 Å². The van der Waals surface area contributed by atoms with E-state index in [4.69, 9.17) is 4.98 Å². The van der Waals surface area contributed by atoms with Crippen LogP contribution >= 0.6 is 11.3 Å². The first-order valence-corrected chi connectivity index (χ1v) is 12.0. The lowest BCUT2D eigenvalue weighted by molar-refractivity contribution is -0.123. The van der Waals surface area contributed by atoms with Crippen LogP contribution < -0.4 is 5.32 Å². The van der Waals surface area contributed by atoms with Gasteiger partial charge in [-0.2, -0.15) is 0 Å². The minimum atomic E-state index is -1.35. The van der Waals surface area contributed by atoms with Crippen LogP contribution in [0, 0.1) is 5.82 Å². The van der Waals surface area contributed by atoms with Crippen LogP contribution in [0.15, 0.2) is 72.8 Å². The Morgan fingerprint density at radius 2 is 1.89 bits per heavy atom. The Morgan fingerprint density at radius 1 is 1.14 bits per heavy atom. The van der Waals surface area contributed by atoms with Crippen LogP contribution in [-0.2, 0) is 10.2 Å². The first-order chi connectivity index (χ1) is 16.8. The summed E-state index contributed by atoms with van der Waals surface area (Å²) in [6, 6.07) is 18.3. The molecule has 0 bridgehead atoms. The predicted molar refractivity (Wildman–Crippen MR) is 133 cm³/mol. The van der Waals surface area contributed by atoms with Crippen molar-refractivity contribution in [1.29, 1.82) is 0 Å². The maximum atomic E-state index is 15.2. The number of hydrogen-bond acceptors (Lipinski definition) is 6. The van der Waals surface area contributed by atoms with E-state index >= 15 is 4.39 Å². The molecule has 2 aromatic carbocycles. The lowest BCUT2D eigenvalue weighted by atomic mass is 9.89. The number of aliphatic hydroxyl groups excluding tert-OH is 2. The van der Waals surface area contributed by atoms with Crippen LogP contribution in [0.3, 0.4) is 0 Å². The molecule has 0 saturated heterocycles. The largest absolute Gasteiger partial charge is 0.394 e. The molecule has 35 heavy (non-hydrogen) atoms. The molecule has 1 amide bonds. The van der Waals surface area contributed by atoms with Gasteiger partial charge in [-0.05, 0) is 42.3 Å². The fourth-order valence-corrected chi connectivity index (χ4v) is 5.28. The van der Waals surface area contributed by atoms with Crippen LogP contribution in [0.4, 0.5) is 4.39 Å². The van der Waals surface area contributed by atoms with Crippen molar-refractivity contribution >= 4 is 27.6 Å². The second-order valence-corrected chi connectivity index (χ2v) is 9.98. The average Bonchev–Trinajstić information content (AvgIpc) is 3.56. The van der Waals surface area contributed by atoms with Gasteiger partial charge in [-0.1, -0.05) is 59.9 Å². The molecule has 1 aliphatic rings. The monoisotopic (exact) mass is 489 g/mol. The number of carbonyl (C=O) groups excluding carboxylic acids is 1. The van der Waals surface area contributed by atoms with E-state index in [2.05, 4.69) is 34.6 Å². The summed E-state index contributed by atoms with van der Waals surface area (Å²) in [6.45, 7) is 2.28. The van der Waals surface area contributed by atoms with Crippen molar-refractivity contribution in [2.24, 2.45) is 0 Å². The second kappa shape index (κ2) is 8.64. The lowest BCUT2D eigenvalue weighted by Gasteiger charge is -2.33. The maximum absolute atomic E-state index is 15.2. The van der Waals surface area contributed by atoms with Gasteiger partial charge >= 0.3 is 0 Å². The zero-order valence-corrected chi connectivity index (χ0v) is 20.0. The fourth-order valence-electron chi connectivity index (χ4n) is 4.31. The van der Waals surface area contributed by atoms with E-state index in [-0.39, 0.29) is 16.5 Å². The van der Waals surface area contributed by atoms with Crippen molar-refractivity contribution in [3.05, 3.63) is 95.5 Å². The molecule has 0 fully saturated rings. The van der Waals surface area contributed by atoms with E-state index in [1.54, 1.807) is 12.1 Å². The second-order valence-electron chi connectivity index (χ2n) is 9.01. The predicted octanol–water partition coefficient (Wildman–Crippen LogP) is 4.27. The number of rotatable bonds is 7. The summed E-state index contributed by atoms with van der Waals surface area (Å²) in [5, 5.41) is 23.5. The van der Waals surface area contributed by atoms with Crippen LogP contribution in [0.1, 0.15) is 36.8 Å².